The van der Waals surface area contributed by atoms with Crippen molar-refractivity contribution in [2.24, 2.45) is 0 Å². The molecule has 1 amide bonds. The summed E-state index contributed by atoms with van der Waals surface area (Å²) in [4.78, 5) is 10.4. The summed E-state index contributed by atoms with van der Waals surface area (Å²) in [6.45, 7) is 0. The van der Waals surface area contributed by atoms with E-state index in [1.54, 1.807) is 11.8 Å². The predicted molar refractivity (Wildman–Crippen MR) is 39.9 cm³/mol. The third kappa shape index (κ3) is 2.65. The Balaban J connectivity index is 2.24. The fourth-order valence-corrected chi connectivity index (χ4v) is 2.06. The van der Waals surface area contributed by atoms with Gasteiger partial charge in [0.15, 0.2) is 0 Å². The van der Waals surface area contributed by atoms with Gasteiger partial charge >= 0.3 is 6.43 Å². The number of hydrogen-bond acceptors (Lipinski definition) is 2. The second kappa shape index (κ2) is 3.90. The average molecular weight is 181 g/mol. The summed E-state index contributed by atoms with van der Waals surface area (Å²) in [6.07, 6.45) is -2.07. The minimum atomic E-state index is -2.87. The summed E-state index contributed by atoms with van der Waals surface area (Å²) in [6, 6.07) is -0.0403. The topological polar surface area (TPSA) is 29.1 Å². The molecule has 0 aromatic carbocycles. The van der Waals surface area contributed by atoms with Crippen molar-refractivity contribution in [2.75, 3.05) is 11.5 Å². The van der Waals surface area contributed by atoms with Crippen LogP contribution < -0.4 is 5.32 Å². The first kappa shape index (κ1) is 8.77. The van der Waals surface area contributed by atoms with Gasteiger partial charge in [-0.1, -0.05) is 0 Å². The molecule has 1 aliphatic heterocycles. The van der Waals surface area contributed by atoms with Crippen molar-refractivity contribution in [1.29, 1.82) is 0 Å². The first-order valence-electron chi connectivity index (χ1n) is 3.36. The van der Waals surface area contributed by atoms with Gasteiger partial charge in [0.2, 0.25) is 0 Å². The number of hydrogen-bond donors (Lipinski definition) is 1. The van der Waals surface area contributed by atoms with Gasteiger partial charge < -0.3 is 5.32 Å². The number of halogens is 2. The molecule has 0 spiro atoms. The molecule has 64 valence electrons. The van der Waals surface area contributed by atoms with E-state index in [0.717, 1.165) is 17.9 Å². The lowest BCUT2D eigenvalue weighted by Crippen LogP contribution is -2.38. The smallest absolute Gasteiger partial charge is 0.315 e. The minimum Gasteiger partial charge on any atom is -0.348 e. The van der Waals surface area contributed by atoms with Crippen LogP contribution in [0.15, 0.2) is 0 Å². The molecule has 1 rings (SSSR count). The van der Waals surface area contributed by atoms with Crippen LogP contribution in [0.3, 0.4) is 0 Å². The summed E-state index contributed by atoms with van der Waals surface area (Å²) >= 11 is 1.68. The maximum absolute atomic E-state index is 11.7. The van der Waals surface area contributed by atoms with Gasteiger partial charge in [0.05, 0.1) is 0 Å². The molecule has 0 aromatic rings. The third-order valence-electron chi connectivity index (χ3n) is 1.47. The van der Waals surface area contributed by atoms with Crippen molar-refractivity contribution in [1.82, 2.24) is 5.32 Å². The van der Waals surface area contributed by atoms with E-state index in [4.69, 9.17) is 0 Å². The van der Waals surface area contributed by atoms with Crippen molar-refractivity contribution in [3.63, 3.8) is 0 Å². The summed E-state index contributed by atoms with van der Waals surface area (Å²) in [5, 5.41) is 2.27. The van der Waals surface area contributed by atoms with Crippen LogP contribution in [0.2, 0.25) is 0 Å². The standard InChI is InChI=1S/C6H9F2NOS/c7-5(8)6(10)9-4-1-2-11-3-4/h4-5H,1-3H2,(H,9,10). The van der Waals surface area contributed by atoms with E-state index in [2.05, 4.69) is 5.32 Å². The molecule has 0 saturated carbocycles. The van der Waals surface area contributed by atoms with Crippen LogP contribution in [0.25, 0.3) is 0 Å². The van der Waals surface area contributed by atoms with E-state index in [1.165, 1.54) is 0 Å². The average Bonchev–Trinajstić information content (AvgIpc) is 2.39. The van der Waals surface area contributed by atoms with Gasteiger partial charge in [0, 0.05) is 11.8 Å². The zero-order valence-corrected chi connectivity index (χ0v) is 6.66. The number of nitrogens with one attached hydrogen (secondary N) is 1. The molecule has 1 unspecified atom stereocenters. The molecular weight excluding hydrogens is 172 g/mol. The van der Waals surface area contributed by atoms with Gasteiger partial charge in [-0.25, -0.2) is 0 Å². The zero-order valence-electron chi connectivity index (χ0n) is 5.85. The lowest BCUT2D eigenvalue weighted by atomic mass is 10.2. The van der Waals surface area contributed by atoms with E-state index in [1.807, 2.05) is 0 Å². The summed E-state index contributed by atoms with van der Waals surface area (Å²) in [5.74, 6) is 0.574. The number of rotatable bonds is 2. The molecular formula is C6H9F2NOS. The van der Waals surface area contributed by atoms with Gasteiger partial charge in [0.1, 0.15) is 0 Å². The maximum Gasteiger partial charge on any atom is 0.315 e. The van der Waals surface area contributed by atoms with Crippen molar-refractivity contribution in [2.45, 2.75) is 18.9 Å². The predicted octanol–water partition coefficient (Wildman–Crippen LogP) is 0.873. The van der Waals surface area contributed by atoms with Crippen LogP contribution in [-0.4, -0.2) is 29.9 Å². The van der Waals surface area contributed by atoms with Gasteiger partial charge in [0.25, 0.3) is 5.91 Å². The molecule has 0 radical (unpaired) electrons. The lowest BCUT2D eigenvalue weighted by molar-refractivity contribution is -0.132. The Kier molecular flexibility index (Phi) is 3.11. The molecule has 0 aromatic heterocycles. The highest BCUT2D eigenvalue weighted by Crippen LogP contribution is 2.17. The van der Waals surface area contributed by atoms with Gasteiger partial charge in [-0.05, 0) is 12.2 Å². The molecule has 0 aliphatic carbocycles. The normalized spacial score (nSPS) is 24.1. The van der Waals surface area contributed by atoms with Gasteiger partial charge in [-0.15, -0.1) is 0 Å². The molecule has 2 nitrogen and oxygen atoms in total. The highest BCUT2D eigenvalue weighted by atomic mass is 32.2. The molecule has 0 bridgehead atoms. The number of thioether (sulfide) groups is 1. The van der Waals surface area contributed by atoms with E-state index in [0.29, 0.717) is 0 Å². The first-order valence-corrected chi connectivity index (χ1v) is 4.52. The molecule has 1 N–H and O–H groups in total. The Morgan fingerprint density at radius 2 is 2.36 bits per heavy atom. The summed E-state index contributed by atoms with van der Waals surface area (Å²) < 4.78 is 23.3. The molecule has 5 heteroatoms. The molecule has 1 atom stereocenters. The van der Waals surface area contributed by atoms with Gasteiger partial charge in [-0.2, -0.15) is 20.5 Å². The Labute approximate surface area is 67.7 Å². The molecule has 1 aliphatic rings. The van der Waals surface area contributed by atoms with Crippen LogP contribution >= 0.6 is 11.8 Å². The lowest BCUT2D eigenvalue weighted by Gasteiger charge is -2.09. The highest BCUT2D eigenvalue weighted by molar-refractivity contribution is 7.99. The Hall–Kier alpha value is -0.320. The van der Waals surface area contributed by atoms with Crippen LogP contribution in [0.1, 0.15) is 6.42 Å². The Morgan fingerprint density at radius 1 is 1.64 bits per heavy atom. The fourth-order valence-electron chi connectivity index (χ4n) is 0.913. The fraction of sp³-hybridized carbons (Fsp3) is 0.833. The number of alkyl halides is 2. The minimum absolute atomic E-state index is 0.0403. The first-order chi connectivity index (χ1) is 5.20. The van der Waals surface area contributed by atoms with Crippen LogP contribution in [0.5, 0.6) is 0 Å². The van der Waals surface area contributed by atoms with E-state index < -0.39 is 12.3 Å². The Bertz CT molecular complexity index is 148. The molecule has 1 fully saturated rings. The van der Waals surface area contributed by atoms with Crippen LogP contribution in [0.4, 0.5) is 8.78 Å². The van der Waals surface area contributed by atoms with E-state index in [-0.39, 0.29) is 6.04 Å². The zero-order chi connectivity index (χ0) is 8.27. The second-order valence-corrected chi connectivity index (χ2v) is 3.52. The van der Waals surface area contributed by atoms with Crippen molar-refractivity contribution in [3.05, 3.63) is 0 Å². The SMILES string of the molecule is O=C(NC1CCSC1)C(F)F. The van der Waals surface area contributed by atoms with Crippen LogP contribution in [0, 0.1) is 0 Å². The highest BCUT2D eigenvalue weighted by Gasteiger charge is 2.22. The van der Waals surface area contributed by atoms with E-state index in [9.17, 15) is 13.6 Å². The largest absolute Gasteiger partial charge is 0.348 e. The molecule has 1 saturated heterocycles. The van der Waals surface area contributed by atoms with E-state index >= 15 is 0 Å². The van der Waals surface area contributed by atoms with Gasteiger partial charge in [-0.3, -0.25) is 4.79 Å². The van der Waals surface area contributed by atoms with Crippen molar-refractivity contribution in [3.8, 4) is 0 Å². The second-order valence-electron chi connectivity index (χ2n) is 2.37. The summed E-state index contributed by atoms with van der Waals surface area (Å²) in [5.41, 5.74) is 0. The Morgan fingerprint density at radius 3 is 2.82 bits per heavy atom. The number of carbonyl (C=O) groups is 1. The summed E-state index contributed by atoms with van der Waals surface area (Å²) in [7, 11) is 0. The number of amides is 1. The number of carbonyl (C=O) groups excluding carboxylic acids is 1. The van der Waals surface area contributed by atoms with Crippen molar-refractivity contribution >= 4 is 17.7 Å². The third-order valence-corrected chi connectivity index (χ3v) is 2.64. The monoisotopic (exact) mass is 181 g/mol. The molecule has 11 heavy (non-hydrogen) atoms. The molecule has 1 heterocycles. The maximum atomic E-state index is 11.7. The quantitative estimate of drug-likeness (QED) is 0.685. The van der Waals surface area contributed by atoms with Crippen molar-refractivity contribution < 1.29 is 13.6 Å². The van der Waals surface area contributed by atoms with Crippen LogP contribution in [-0.2, 0) is 4.79 Å².